The fourth-order valence-electron chi connectivity index (χ4n) is 4.00. The maximum Gasteiger partial charge on any atom is 0.0692 e. The van der Waals surface area contributed by atoms with Gasteiger partial charge in [0.1, 0.15) is 0 Å². The Bertz CT molecular complexity index is 283. The maximum absolute atomic E-state index is 6.10. The second kappa shape index (κ2) is 6.13. The van der Waals surface area contributed by atoms with Gasteiger partial charge in [-0.05, 0) is 43.9 Å². The van der Waals surface area contributed by atoms with Crippen molar-refractivity contribution in [1.82, 2.24) is 5.32 Å². The first-order chi connectivity index (χ1) is 9.01. The Morgan fingerprint density at radius 3 is 2.47 bits per heavy atom. The Hall–Kier alpha value is -0.0800. The zero-order chi connectivity index (χ0) is 13.9. The lowest BCUT2D eigenvalue weighted by atomic mass is 9.72. The summed E-state index contributed by atoms with van der Waals surface area (Å²) in [6.45, 7) is 10.4. The monoisotopic (exact) mass is 267 g/mol. The van der Waals surface area contributed by atoms with Gasteiger partial charge in [-0.15, -0.1) is 0 Å². The lowest BCUT2D eigenvalue weighted by Gasteiger charge is -2.45. The summed E-state index contributed by atoms with van der Waals surface area (Å²) in [6.07, 6.45) is 10.2. The molecule has 2 atom stereocenters. The van der Waals surface area contributed by atoms with Crippen molar-refractivity contribution < 1.29 is 4.74 Å². The SMILES string of the molecule is CCC1(CC)CC(NC2CCCCC2(C)C)CCO1. The zero-order valence-electron chi connectivity index (χ0n) is 13.4. The number of rotatable bonds is 4. The van der Waals surface area contributed by atoms with Crippen LogP contribution in [-0.4, -0.2) is 24.3 Å². The van der Waals surface area contributed by atoms with Gasteiger partial charge < -0.3 is 10.1 Å². The lowest BCUT2D eigenvalue weighted by Crippen LogP contribution is -2.53. The van der Waals surface area contributed by atoms with Crippen LogP contribution in [0.15, 0.2) is 0 Å². The molecule has 1 saturated heterocycles. The van der Waals surface area contributed by atoms with Crippen molar-refractivity contribution in [2.75, 3.05) is 6.61 Å². The highest BCUT2D eigenvalue weighted by molar-refractivity contribution is 4.94. The average molecular weight is 267 g/mol. The predicted octanol–water partition coefficient (Wildman–Crippen LogP) is 4.28. The molecule has 19 heavy (non-hydrogen) atoms. The Labute approximate surface area is 119 Å². The van der Waals surface area contributed by atoms with Crippen molar-refractivity contribution in [1.29, 1.82) is 0 Å². The molecule has 2 aliphatic rings. The van der Waals surface area contributed by atoms with Crippen LogP contribution in [0.2, 0.25) is 0 Å². The van der Waals surface area contributed by atoms with Gasteiger partial charge >= 0.3 is 0 Å². The minimum Gasteiger partial charge on any atom is -0.375 e. The molecule has 0 aromatic carbocycles. The summed E-state index contributed by atoms with van der Waals surface area (Å²) in [5, 5.41) is 3.99. The van der Waals surface area contributed by atoms with Gasteiger partial charge in [0.2, 0.25) is 0 Å². The Balaban J connectivity index is 1.95. The highest BCUT2D eigenvalue weighted by atomic mass is 16.5. The molecule has 0 amide bonds. The van der Waals surface area contributed by atoms with E-state index in [4.69, 9.17) is 4.74 Å². The summed E-state index contributed by atoms with van der Waals surface area (Å²) in [4.78, 5) is 0. The first-order valence-corrected chi connectivity index (χ1v) is 8.41. The topological polar surface area (TPSA) is 21.3 Å². The van der Waals surface area contributed by atoms with Crippen LogP contribution in [0.4, 0.5) is 0 Å². The summed E-state index contributed by atoms with van der Waals surface area (Å²) >= 11 is 0. The highest BCUT2D eigenvalue weighted by Gasteiger charge is 2.38. The molecule has 1 aliphatic heterocycles. The molecule has 2 unspecified atom stereocenters. The molecule has 0 radical (unpaired) electrons. The van der Waals surface area contributed by atoms with Crippen molar-refractivity contribution >= 4 is 0 Å². The van der Waals surface area contributed by atoms with E-state index in [2.05, 4.69) is 33.0 Å². The Morgan fingerprint density at radius 1 is 1.11 bits per heavy atom. The van der Waals surface area contributed by atoms with Crippen LogP contribution >= 0.6 is 0 Å². The van der Waals surface area contributed by atoms with Crippen LogP contribution in [0.1, 0.15) is 79.1 Å². The van der Waals surface area contributed by atoms with Crippen LogP contribution in [0, 0.1) is 5.41 Å². The van der Waals surface area contributed by atoms with Crippen LogP contribution in [0.5, 0.6) is 0 Å². The molecule has 2 nitrogen and oxygen atoms in total. The minimum absolute atomic E-state index is 0.148. The van der Waals surface area contributed by atoms with E-state index < -0.39 is 0 Å². The van der Waals surface area contributed by atoms with Gasteiger partial charge in [0, 0.05) is 18.7 Å². The molecule has 2 heteroatoms. The third-order valence-electron chi connectivity index (χ3n) is 5.73. The standard InChI is InChI=1S/C17H33NO/c1-5-17(6-2)13-14(10-12-19-17)18-15-9-7-8-11-16(15,3)4/h14-15,18H,5-13H2,1-4H3. The van der Waals surface area contributed by atoms with E-state index in [1.54, 1.807) is 0 Å². The number of ether oxygens (including phenoxy) is 1. The van der Waals surface area contributed by atoms with Gasteiger partial charge in [-0.1, -0.05) is 40.5 Å². The fourth-order valence-corrected chi connectivity index (χ4v) is 4.00. The van der Waals surface area contributed by atoms with E-state index in [-0.39, 0.29) is 5.60 Å². The summed E-state index contributed by atoms with van der Waals surface area (Å²) in [5.74, 6) is 0. The summed E-state index contributed by atoms with van der Waals surface area (Å²) in [7, 11) is 0. The molecule has 1 aliphatic carbocycles. The molecule has 1 N–H and O–H groups in total. The van der Waals surface area contributed by atoms with Gasteiger partial charge in [0.05, 0.1) is 5.60 Å². The molecule has 0 aromatic heterocycles. The number of nitrogens with one attached hydrogen (secondary N) is 1. The molecule has 1 saturated carbocycles. The van der Waals surface area contributed by atoms with Crippen molar-refractivity contribution in [2.45, 2.75) is 96.7 Å². The quantitative estimate of drug-likeness (QED) is 0.820. The van der Waals surface area contributed by atoms with Crippen molar-refractivity contribution in [3.8, 4) is 0 Å². The highest BCUT2D eigenvalue weighted by Crippen LogP contribution is 2.37. The van der Waals surface area contributed by atoms with E-state index in [0.29, 0.717) is 17.5 Å². The molecule has 0 spiro atoms. The van der Waals surface area contributed by atoms with Gasteiger partial charge in [0.25, 0.3) is 0 Å². The lowest BCUT2D eigenvalue weighted by molar-refractivity contribution is -0.0961. The van der Waals surface area contributed by atoms with E-state index in [1.807, 2.05) is 0 Å². The Morgan fingerprint density at radius 2 is 1.84 bits per heavy atom. The zero-order valence-corrected chi connectivity index (χ0v) is 13.4. The van der Waals surface area contributed by atoms with E-state index in [9.17, 15) is 0 Å². The molecule has 0 aromatic rings. The average Bonchev–Trinajstić information content (AvgIpc) is 2.41. The molecular formula is C17H33NO. The first-order valence-electron chi connectivity index (χ1n) is 8.41. The largest absolute Gasteiger partial charge is 0.375 e. The molecule has 112 valence electrons. The number of hydrogen-bond acceptors (Lipinski definition) is 2. The van der Waals surface area contributed by atoms with E-state index in [1.165, 1.54) is 38.5 Å². The molecular weight excluding hydrogens is 234 g/mol. The molecule has 1 heterocycles. The minimum atomic E-state index is 0.148. The number of hydrogen-bond donors (Lipinski definition) is 1. The third-order valence-corrected chi connectivity index (χ3v) is 5.73. The summed E-state index contributed by atoms with van der Waals surface area (Å²) in [5.41, 5.74) is 0.617. The normalized spacial score (nSPS) is 34.1. The summed E-state index contributed by atoms with van der Waals surface area (Å²) in [6, 6.07) is 1.37. The third kappa shape index (κ3) is 3.52. The predicted molar refractivity (Wildman–Crippen MR) is 81.5 cm³/mol. The maximum atomic E-state index is 6.10. The fraction of sp³-hybridized carbons (Fsp3) is 1.00. The van der Waals surface area contributed by atoms with Crippen LogP contribution in [-0.2, 0) is 4.74 Å². The van der Waals surface area contributed by atoms with E-state index in [0.717, 1.165) is 19.4 Å². The summed E-state index contributed by atoms with van der Waals surface area (Å²) < 4.78 is 6.10. The van der Waals surface area contributed by atoms with Gasteiger partial charge in [-0.2, -0.15) is 0 Å². The molecule has 2 rings (SSSR count). The first kappa shape index (κ1) is 15.3. The van der Waals surface area contributed by atoms with Gasteiger partial charge in [-0.3, -0.25) is 0 Å². The van der Waals surface area contributed by atoms with Crippen LogP contribution < -0.4 is 5.32 Å². The van der Waals surface area contributed by atoms with Crippen molar-refractivity contribution in [3.63, 3.8) is 0 Å². The van der Waals surface area contributed by atoms with Crippen molar-refractivity contribution in [3.05, 3.63) is 0 Å². The van der Waals surface area contributed by atoms with Gasteiger partial charge in [-0.25, -0.2) is 0 Å². The van der Waals surface area contributed by atoms with Crippen LogP contribution in [0.3, 0.4) is 0 Å². The van der Waals surface area contributed by atoms with Crippen molar-refractivity contribution in [2.24, 2.45) is 5.41 Å². The smallest absolute Gasteiger partial charge is 0.0692 e. The Kier molecular flexibility index (Phi) is 4.94. The van der Waals surface area contributed by atoms with Crippen LogP contribution in [0.25, 0.3) is 0 Å². The molecule has 2 fully saturated rings. The molecule has 0 bridgehead atoms. The van der Waals surface area contributed by atoms with Gasteiger partial charge in [0.15, 0.2) is 0 Å². The second-order valence-electron chi connectivity index (χ2n) is 7.38. The second-order valence-corrected chi connectivity index (χ2v) is 7.38. The van der Waals surface area contributed by atoms with E-state index >= 15 is 0 Å².